The van der Waals surface area contributed by atoms with E-state index >= 15 is 0 Å². The summed E-state index contributed by atoms with van der Waals surface area (Å²) in [5.74, 6) is -0.543. The normalized spacial score (nSPS) is 14.9. The highest BCUT2D eigenvalue weighted by Crippen LogP contribution is 2.19. The van der Waals surface area contributed by atoms with Gasteiger partial charge in [0.05, 0.1) is 4.90 Å². The zero-order valence-corrected chi connectivity index (χ0v) is 16.3. The lowest BCUT2D eigenvalue weighted by atomic mass is 10.00. The third-order valence-electron chi connectivity index (χ3n) is 5.01. The molecule has 0 bridgehead atoms. The maximum atomic E-state index is 13.2. The topological polar surface area (TPSA) is 49.4 Å². The summed E-state index contributed by atoms with van der Waals surface area (Å²) in [7, 11) is -3.62. The lowest BCUT2D eigenvalue weighted by molar-refractivity contribution is 0.248. The van der Waals surface area contributed by atoms with E-state index in [0.29, 0.717) is 6.54 Å². The van der Waals surface area contributed by atoms with Gasteiger partial charge in [0.1, 0.15) is 5.82 Å². The summed E-state index contributed by atoms with van der Waals surface area (Å²) in [6.07, 6.45) is 5.10. The van der Waals surface area contributed by atoms with Crippen molar-refractivity contribution in [2.45, 2.75) is 43.5 Å². The number of hydrogen-bond acceptors (Lipinski definition) is 3. The molecule has 1 heterocycles. The van der Waals surface area contributed by atoms with Gasteiger partial charge >= 0.3 is 0 Å². The first-order chi connectivity index (χ1) is 13.0. The Morgan fingerprint density at radius 1 is 0.963 bits per heavy atom. The molecular weight excluding hydrogens is 363 g/mol. The molecule has 1 aliphatic heterocycles. The lowest BCUT2D eigenvalue weighted by Gasteiger charge is -2.28. The predicted molar refractivity (Wildman–Crippen MR) is 105 cm³/mol. The smallest absolute Gasteiger partial charge is 0.240 e. The molecule has 0 fully saturated rings. The molecule has 3 rings (SSSR count). The molecule has 0 atom stereocenters. The van der Waals surface area contributed by atoms with Crippen molar-refractivity contribution < 1.29 is 12.8 Å². The predicted octanol–water partition coefficient (Wildman–Crippen LogP) is 3.72. The van der Waals surface area contributed by atoms with Gasteiger partial charge in [0.25, 0.3) is 0 Å². The van der Waals surface area contributed by atoms with Crippen LogP contribution in [0, 0.1) is 5.82 Å². The first-order valence-corrected chi connectivity index (χ1v) is 11.1. The van der Waals surface area contributed by atoms with Crippen molar-refractivity contribution in [3.63, 3.8) is 0 Å². The summed E-state index contributed by atoms with van der Waals surface area (Å²) < 4.78 is 39.9. The van der Waals surface area contributed by atoms with Gasteiger partial charge in [-0.1, -0.05) is 43.2 Å². The van der Waals surface area contributed by atoms with E-state index in [1.165, 1.54) is 29.3 Å². The quantitative estimate of drug-likeness (QED) is 0.664. The SMILES string of the molecule is O=S(=O)(NCCCCCCN1CCc2ccccc2C1)c1cccc(F)c1. The highest BCUT2D eigenvalue weighted by atomic mass is 32.2. The van der Waals surface area contributed by atoms with E-state index in [1.54, 1.807) is 0 Å². The van der Waals surface area contributed by atoms with Gasteiger partial charge in [-0.2, -0.15) is 0 Å². The number of unbranched alkanes of at least 4 members (excludes halogenated alkanes) is 3. The van der Waals surface area contributed by atoms with Gasteiger partial charge in [0, 0.05) is 19.6 Å². The van der Waals surface area contributed by atoms with Crippen molar-refractivity contribution in [3.05, 3.63) is 65.5 Å². The number of nitrogens with zero attached hydrogens (tertiary/aromatic N) is 1. The van der Waals surface area contributed by atoms with Crippen LogP contribution in [0.15, 0.2) is 53.4 Å². The van der Waals surface area contributed by atoms with E-state index in [4.69, 9.17) is 0 Å². The summed E-state index contributed by atoms with van der Waals surface area (Å²) >= 11 is 0. The minimum absolute atomic E-state index is 0.0205. The average molecular weight is 391 g/mol. The van der Waals surface area contributed by atoms with E-state index in [2.05, 4.69) is 33.9 Å². The van der Waals surface area contributed by atoms with Crippen LogP contribution in [0.25, 0.3) is 0 Å². The van der Waals surface area contributed by atoms with E-state index < -0.39 is 15.8 Å². The molecule has 1 N–H and O–H groups in total. The molecule has 1 aliphatic rings. The Hall–Kier alpha value is -1.76. The Kier molecular flexibility index (Phi) is 6.99. The van der Waals surface area contributed by atoms with Crippen molar-refractivity contribution >= 4 is 10.0 Å². The van der Waals surface area contributed by atoms with Crippen molar-refractivity contribution in [1.29, 1.82) is 0 Å². The van der Waals surface area contributed by atoms with Gasteiger partial charge in [0.2, 0.25) is 10.0 Å². The number of benzene rings is 2. The van der Waals surface area contributed by atoms with Gasteiger partial charge in [0.15, 0.2) is 0 Å². The second-order valence-corrected chi connectivity index (χ2v) is 8.83. The van der Waals surface area contributed by atoms with Crippen LogP contribution in [-0.2, 0) is 23.0 Å². The van der Waals surface area contributed by atoms with Crippen LogP contribution in [0.3, 0.4) is 0 Å². The first-order valence-electron chi connectivity index (χ1n) is 9.59. The van der Waals surface area contributed by atoms with E-state index in [1.807, 2.05) is 0 Å². The molecule has 4 nitrogen and oxygen atoms in total. The molecule has 0 amide bonds. The van der Waals surface area contributed by atoms with Crippen molar-refractivity contribution in [1.82, 2.24) is 9.62 Å². The summed E-state index contributed by atoms with van der Waals surface area (Å²) in [6.45, 7) is 3.62. The van der Waals surface area contributed by atoms with Gasteiger partial charge in [-0.05, 0) is 55.1 Å². The maximum absolute atomic E-state index is 13.2. The van der Waals surface area contributed by atoms with Crippen molar-refractivity contribution in [3.8, 4) is 0 Å². The van der Waals surface area contributed by atoms with Crippen LogP contribution in [0.2, 0.25) is 0 Å². The Bertz CT molecular complexity index is 855. The van der Waals surface area contributed by atoms with Gasteiger partial charge in [-0.15, -0.1) is 0 Å². The fraction of sp³-hybridized carbons (Fsp3) is 0.429. The fourth-order valence-corrected chi connectivity index (χ4v) is 4.59. The molecule has 6 heteroatoms. The van der Waals surface area contributed by atoms with Crippen LogP contribution in [0.5, 0.6) is 0 Å². The van der Waals surface area contributed by atoms with E-state index in [0.717, 1.165) is 57.8 Å². The number of sulfonamides is 1. The van der Waals surface area contributed by atoms with Crippen LogP contribution >= 0.6 is 0 Å². The second kappa shape index (κ2) is 9.44. The molecule has 0 unspecified atom stereocenters. The summed E-state index contributed by atoms with van der Waals surface area (Å²) in [5.41, 5.74) is 2.91. The number of rotatable bonds is 9. The standard InChI is InChI=1S/C21H27FN2O2S/c22-20-10-7-11-21(16-20)27(25,26)23-13-5-1-2-6-14-24-15-12-18-8-3-4-9-19(18)17-24/h3-4,7-11,16,23H,1-2,5-6,12-15,17H2. The van der Waals surface area contributed by atoms with E-state index in [-0.39, 0.29) is 4.90 Å². The summed E-state index contributed by atoms with van der Waals surface area (Å²) in [5, 5.41) is 0. The highest BCUT2D eigenvalue weighted by molar-refractivity contribution is 7.89. The third kappa shape index (κ3) is 5.86. The number of nitrogens with one attached hydrogen (secondary N) is 1. The average Bonchev–Trinajstić information content (AvgIpc) is 2.67. The molecule has 0 saturated heterocycles. The molecular formula is C21H27FN2O2S. The number of hydrogen-bond donors (Lipinski definition) is 1. The monoisotopic (exact) mass is 390 g/mol. The Labute approximate surface area is 161 Å². The summed E-state index contributed by atoms with van der Waals surface area (Å²) in [6, 6.07) is 13.7. The minimum atomic E-state index is -3.62. The van der Waals surface area contributed by atoms with Crippen LogP contribution in [0.4, 0.5) is 4.39 Å². The van der Waals surface area contributed by atoms with Crippen molar-refractivity contribution in [2.24, 2.45) is 0 Å². The van der Waals surface area contributed by atoms with Gasteiger partial charge in [-0.25, -0.2) is 17.5 Å². The molecule has 146 valence electrons. The van der Waals surface area contributed by atoms with Gasteiger partial charge < -0.3 is 0 Å². The Morgan fingerprint density at radius 2 is 1.74 bits per heavy atom. The first kappa shape index (κ1) is 20.0. The lowest BCUT2D eigenvalue weighted by Crippen LogP contribution is -2.31. The number of fused-ring (bicyclic) bond motifs is 1. The third-order valence-corrected chi connectivity index (χ3v) is 6.47. The Morgan fingerprint density at radius 3 is 2.56 bits per heavy atom. The highest BCUT2D eigenvalue weighted by Gasteiger charge is 2.15. The zero-order chi connectivity index (χ0) is 19.1. The van der Waals surface area contributed by atoms with Crippen LogP contribution in [0.1, 0.15) is 36.8 Å². The largest absolute Gasteiger partial charge is 0.299 e. The molecule has 0 saturated carbocycles. The molecule has 0 radical (unpaired) electrons. The molecule has 2 aromatic carbocycles. The van der Waals surface area contributed by atoms with Gasteiger partial charge in [-0.3, -0.25) is 4.90 Å². The zero-order valence-electron chi connectivity index (χ0n) is 15.5. The van der Waals surface area contributed by atoms with E-state index in [9.17, 15) is 12.8 Å². The molecule has 0 spiro atoms. The molecule has 2 aromatic rings. The summed E-state index contributed by atoms with van der Waals surface area (Å²) in [4.78, 5) is 2.47. The van der Waals surface area contributed by atoms with Crippen LogP contribution < -0.4 is 4.72 Å². The van der Waals surface area contributed by atoms with Crippen molar-refractivity contribution in [2.75, 3.05) is 19.6 Å². The Balaban J connectivity index is 1.30. The fourth-order valence-electron chi connectivity index (χ4n) is 3.48. The van der Waals surface area contributed by atoms with Crippen LogP contribution in [-0.4, -0.2) is 33.0 Å². The minimum Gasteiger partial charge on any atom is -0.299 e. The molecule has 27 heavy (non-hydrogen) atoms. The number of halogens is 1. The molecule has 0 aliphatic carbocycles. The molecule has 0 aromatic heterocycles. The maximum Gasteiger partial charge on any atom is 0.240 e. The second-order valence-electron chi connectivity index (χ2n) is 7.06.